The van der Waals surface area contributed by atoms with E-state index in [1.807, 2.05) is 0 Å². The van der Waals surface area contributed by atoms with Gasteiger partial charge in [-0.25, -0.2) is 0 Å². The highest BCUT2D eigenvalue weighted by Crippen LogP contribution is 2.30. The highest BCUT2D eigenvalue weighted by molar-refractivity contribution is 6.08. The maximum Gasteiger partial charge on any atom is 0.416 e. The van der Waals surface area contributed by atoms with Crippen LogP contribution >= 0.6 is 0 Å². The smallest absolute Gasteiger partial charge is 0.326 e. The van der Waals surface area contributed by atoms with Crippen molar-refractivity contribution in [2.24, 2.45) is 5.92 Å². The van der Waals surface area contributed by atoms with Gasteiger partial charge in [-0.15, -0.1) is 0 Å². The number of benzene rings is 1. The second-order valence-corrected chi connectivity index (χ2v) is 4.76. The average molecular weight is 315 g/mol. The lowest BCUT2D eigenvalue weighted by Crippen LogP contribution is -2.31. The normalized spacial score (nSPS) is 18.4. The molecule has 1 fully saturated rings. The first-order valence-electron chi connectivity index (χ1n) is 6.23. The second-order valence-electron chi connectivity index (χ2n) is 4.76. The largest absolute Gasteiger partial charge is 0.416 e. The van der Waals surface area contributed by atoms with Gasteiger partial charge < -0.3 is 5.32 Å². The van der Waals surface area contributed by atoms with E-state index < -0.39 is 41.8 Å². The van der Waals surface area contributed by atoms with Gasteiger partial charge in [-0.1, -0.05) is 6.07 Å². The van der Waals surface area contributed by atoms with Crippen molar-refractivity contribution >= 4 is 23.4 Å². The lowest BCUT2D eigenvalue weighted by Gasteiger charge is -2.10. The Labute approximate surface area is 123 Å². The number of nitrogens with zero attached hydrogens (tertiary/aromatic N) is 1. The highest BCUT2D eigenvalue weighted by Gasteiger charge is 2.38. The van der Waals surface area contributed by atoms with E-state index in [0.717, 1.165) is 23.2 Å². The van der Waals surface area contributed by atoms with Crippen molar-refractivity contribution in [1.29, 1.82) is 0 Å². The zero-order valence-corrected chi connectivity index (χ0v) is 11.4. The molecule has 1 aromatic carbocycles. The van der Waals surface area contributed by atoms with E-state index >= 15 is 0 Å². The minimum atomic E-state index is -4.52. The van der Waals surface area contributed by atoms with Gasteiger partial charge in [0, 0.05) is 19.2 Å². The SMILES string of the molecule is CN1NC(=O)C(CC(=O)Nc2cccc(C(F)(F)F)c2)C1=O. The van der Waals surface area contributed by atoms with Gasteiger partial charge in [0.15, 0.2) is 0 Å². The molecule has 1 heterocycles. The zero-order valence-electron chi connectivity index (χ0n) is 11.4. The minimum absolute atomic E-state index is 0.0565. The van der Waals surface area contributed by atoms with Crippen molar-refractivity contribution in [2.75, 3.05) is 12.4 Å². The molecule has 1 saturated heterocycles. The summed E-state index contributed by atoms with van der Waals surface area (Å²) in [4.78, 5) is 34.9. The first kappa shape index (κ1) is 15.8. The first-order valence-corrected chi connectivity index (χ1v) is 6.23. The van der Waals surface area contributed by atoms with Gasteiger partial charge in [-0.3, -0.25) is 24.8 Å². The Morgan fingerprint density at radius 1 is 1.36 bits per heavy atom. The van der Waals surface area contributed by atoms with E-state index in [9.17, 15) is 27.6 Å². The summed E-state index contributed by atoms with van der Waals surface area (Å²) in [7, 11) is 1.34. The fourth-order valence-corrected chi connectivity index (χ4v) is 1.99. The van der Waals surface area contributed by atoms with Crippen molar-refractivity contribution in [1.82, 2.24) is 10.4 Å². The standard InChI is InChI=1S/C13H12F3N3O3/c1-19-12(22)9(11(21)18-19)6-10(20)17-8-4-2-3-7(5-8)13(14,15)16/h2-5,9H,6H2,1H3,(H,17,20)(H,18,21). The maximum absolute atomic E-state index is 12.6. The molecular weight excluding hydrogens is 303 g/mol. The topological polar surface area (TPSA) is 78.5 Å². The third kappa shape index (κ3) is 3.35. The first-order chi connectivity index (χ1) is 10.2. The van der Waals surface area contributed by atoms with Gasteiger partial charge in [0.05, 0.1) is 5.56 Å². The maximum atomic E-state index is 12.6. The van der Waals surface area contributed by atoms with Crippen LogP contribution in [0.4, 0.5) is 18.9 Å². The molecule has 1 aliphatic heterocycles. The molecule has 118 valence electrons. The van der Waals surface area contributed by atoms with Crippen LogP contribution in [0.2, 0.25) is 0 Å². The number of carbonyl (C=O) groups excluding carboxylic acids is 3. The fourth-order valence-electron chi connectivity index (χ4n) is 1.99. The fraction of sp³-hybridized carbons (Fsp3) is 0.308. The Bertz CT molecular complexity index is 630. The number of hydrogen-bond acceptors (Lipinski definition) is 3. The summed E-state index contributed by atoms with van der Waals surface area (Å²) in [5.74, 6) is -3.07. The summed E-state index contributed by atoms with van der Waals surface area (Å²) in [6.07, 6.45) is -4.96. The van der Waals surface area contributed by atoms with Crippen LogP contribution in [0.3, 0.4) is 0 Å². The Balaban J connectivity index is 2.04. The van der Waals surface area contributed by atoms with Crippen LogP contribution in [0.15, 0.2) is 24.3 Å². The molecule has 2 rings (SSSR count). The van der Waals surface area contributed by atoms with E-state index in [1.165, 1.54) is 13.1 Å². The van der Waals surface area contributed by atoms with Crippen LogP contribution in [0.25, 0.3) is 0 Å². The number of rotatable bonds is 3. The lowest BCUT2D eigenvalue weighted by molar-refractivity contribution is -0.137. The van der Waals surface area contributed by atoms with Crippen LogP contribution in [0, 0.1) is 5.92 Å². The summed E-state index contributed by atoms with van der Waals surface area (Å²) in [6.45, 7) is 0. The predicted molar refractivity (Wildman–Crippen MR) is 69.1 cm³/mol. The van der Waals surface area contributed by atoms with Crippen molar-refractivity contribution in [3.63, 3.8) is 0 Å². The molecule has 0 aliphatic carbocycles. The van der Waals surface area contributed by atoms with Crippen LogP contribution in [0.5, 0.6) is 0 Å². The molecule has 3 amide bonds. The Kier molecular flexibility index (Phi) is 4.07. The number of nitrogens with one attached hydrogen (secondary N) is 2. The van der Waals surface area contributed by atoms with E-state index in [2.05, 4.69) is 10.7 Å². The van der Waals surface area contributed by atoms with E-state index in [1.54, 1.807) is 0 Å². The molecule has 0 bridgehead atoms. The van der Waals surface area contributed by atoms with Gasteiger partial charge in [-0.05, 0) is 18.2 Å². The Morgan fingerprint density at radius 3 is 2.59 bits per heavy atom. The van der Waals surface area contributed by atoms with Crippen molar-refractivity contribution < 1.29 is 27.6 Å². The predicted octanol–water partition coefficient (Wildman–Crippen LogP) is 1.15. The molecule has 1 aromatic rings. The number of hydrazine groups is 1. The summed E-state index contributed by atoms with van der Waals surface area (Å²) in [6, 6.07) is 4.09. The molecule has 22 heavy (non-hydrogen) atoms. The Hall–Kier alpha value is -2.58. The summed E-state index contributed by atoms with van der Waals surface area (Å²) >= 11 is 0. The van der Waals surface area contributed by atoms with E-state index in [0.29, 0.717) is 0 Å². The average Bonchev–Trinajstić information content (AvgIpc) is 2.65. The molecule has 6 nitrogen and oxygen atoms in total. The number of anilines is 1. The molecule has 1 aliphatic rings. The van der Waals surface area contributed by atoms with Crippen LogP contribution < -0.4 is 10.7 Å². The number of alkyl halides is 3. The van der Waals surface area contributed by atoms with Gasteiger partial charge in [0.25, 0.3) is 11.8 Å². The Morgan fingerprint density at radius 2 is 2.05 bits per heavy atom. The van der Waals surface area contributed by atoms with E-state index in [4.69, 9.17) is 0 Å². The van der Waals surface area contributed by atoms with Crippen LogP contribution in [0.1, 0.15) is 12.0 Å². The molecule has 0 radical (unpaired) electrons. The molecular formula is C13H12F3N3O3. The van der Waals surface area contributed by atoms with Gasteiger partial charge >= 0.3 is 6.18 Å². The third-order valence-corrected chi connectivity index (χ3v) is 3.09. The van der Waals surface area contributed by atoms with Gasteiger partial charge in [0.1, 0.15) is 5.92 Å². The molecule has 2 N–H and O–H groups in total. The van der Waals surface area contributed by atoms with E-state index in [-0.39, 0.29) is 5.69 Å². The third-order valence-electron chi connectivity index (χ3n) is 3.09. The molecule has 1 unspecified atom stereocenters. The summed E-state index contributed by atoms with van der Waals surface area (Å²) in [5, 5.41) is 3.21. The minimum Gasteiger partial charge on any atom is -0.326 e. The number of halogens is 3. The monoisotopic (exact) mass is 315 g/mol. The number of amides is 3. The quantitative estimate of drug-likeness (QED) is 0.822. The van der Waals surface area contributed by atoms with Crippen LogP contribution in [-0.4, -0.2) is 29.8 Å². The van der Waals surface area contributed by atoms with Gasteiger partial charge in [0.2, 0.25) is 5.91 Å². The molecule has 0 saturated carbocycles. The molecule has 1 atom stereocenters. The van der Waals surface area contributed by atoms with Crippen molar-refractivity contribution in [3.05, 3.63) is 29.8 Å². The number of hydrogen-bond donors (Lipinski definition) is 2. The van der Waals surface area contributed by atoms with Crippen molar-refractivity contribution in [3.8, 4) is 0 Å². The zero-order chi connectivity index (χ0) is 16.5. The summed E-state index contributed by atoms with van der Waals surface area (Å²) in [5.41, 5.74) is 1.27. The lowest BCUT2D eigenvalue weighted by atomic mass is 10.0. The van der Waals surface area contributed by atoms with Crippen molar-refractivity contribution in [2.45, 2.75) is 12.6 Å². The molecule has 0 aromatic heterocycles. The highest BCUT2D eigenvalue weighted by atomic mass is 19.4. The number of carbonyl (C=O) groups is 3. The molecule has 9 heteroatoms. The van der Waals surface area contributed by atoms with Crippen LogP contribution in [-0.2, 0) is 20.6 Å². The second kappa shape index (κ2) is 5.66. The summed E-state index contributed by atoms with van der Waals surface area (Å²) < 4.78 is 37.7. The van der Waals surface area contributed by atoms with Gasteiger partial charge in [-0.2, -0.15) is 13.2 Å². The molecule has 0 spiro atoms.